The van der Waals surface area contributed by atoms with Crippen LogP contribution in [0.2, 0.25) is 0 Å². The highest BCUT2D eigenvalue weighted by molar-refractivity contribution is 7.89. The Balaban J connectivity index is 1.36. The summed E-state index contributed by atoms with van der Waals surface area (Å²) < 4.78 is 72.7. The Bertz CT molecular complexity index is 1850. The molecule has 2 aliphatic rings. The summed E-state index contributed by atoms with van der Waals surface area (Å²) in [5.41, 5.74) is 3.15. The first kappa shape index (κ1) is 29.1. The van der Waals surface area contributed by atoms with E-state index in [0.717, 1.165) is 23.4 Å². The molecule has 0 radical (unpaired) electrons. The SMILES string of the molecule is Cc1ccc(CN2C[C@@H](C)Cc3ccc(C(F)(F)F)cc3S2(=O)=O)cc1-n1ccc(C(=O)O)c1[C@@H]1C[C@H]1c1cn(C)nn1. The van der Waals surface area contributed by atoms with Crippen molar-refractivity contribution < 1.29 is 31.5 Å². The summed E-state index contributed by atoms with van der Waals surface area (Å²) in [6.45, 7) is 3.85. The molecule has 2 aromatic heterocycles. The third-order valence-corrected chi connectivity index (χ3v) is 10.2. The molecule has 1 aliphatic carbocycles. The van der Waals surface area contributed by atoms with E-state index >= 15 is 0 Å². The van der Waals surface area contributed by atoms with Crippen LogP contribution in [0.1, 0.15) is 69.2 Å². The Kier molecular flexibility index (Phi) is 7.00. The normalized spacial score (nSPS) is 21.8. The van der Waals surface area contributed by atoms with Gasteiger partial charge in [-0.15, -0.1) is 5.10 Å². The van der Waals surface area contributed by atoms with Crippen molar-refractivity contribution in [1.29, 1.82) is 0 Å². The van der Waals surface area contributed by atoms with E-state index in [9.17, 15) is 31.5 Å². The van der Waals surface area contributed by atoms with Crippen molar-refractivity contribution in [2.75, 3.05) is 6.54 Å². The highest BCUT2D eigenvalue weighted by atomic mass is 32.2. The largest absolute Gasteiger partial charge is 0.478 e. The number of alkyl halides is 3. The van der Waals surface area contributed by atoms with Gasteiger partial charge in [-0.25, -0.2) is 13.2 Å². The summed E-state index contributed by atoms with van der Waals surface area (Å²) in [4.78, 5) is 11.9. The topological polar surface area (TPSA) is 110 Å². The number of halogens is 3. The molecule has 3 atom stereocenters. The Hall–Kier alpha value is -3.97. The lowest BCUT2D eigenvalue weighted by molar-refractivity contribution is -0.137. The molecule has 9 nitrogen and oxygen atoms in total. The third-order valence-electron chi connectivity index (χ3n) is 8.29. The van der Waals surface area contributed by atoms with Gasteiger partial charge in [-0.2, -0.15) is 17.5 Å². The molecular weight excluding hydrogens is 583 g/mol. The number of hydrogen-bond donors (Lipinski definition) is 1. The Labute approximate surface area is 246 Å². The van der Waals surface area contributed by atoms with Crippen LogP contribution >= 0.6 is 0 Å². The average molecular weight is 614 g/mol. The highest BCUT2D eigenvalue weighted by Crippen LogP contribution is 2.55. The Morgan fingerprint density at radius 1 is 1.12 bits per heavy atom. The molecule has 13 heteroatoms. The van der Waals surface area contributed by atoms with Gasteiger partial charge in [-0.3, -0.25) is 4.68 Å². The predicted molar refractivity (Wildman–Crippen MR) is 150 cm³/mol. The summed E-state index contributed by atoms with van der Waals surface area (Å²) in [7, 11) is -2.47. The van der Waals surface area contributed by atoms with Crippen LogP contribution in [-0.2, 0) is 36.2 Å². The molecular formula is C30H30F3N5O4S. The molecule has 1 N–H and O–H groups in total. The number of aryl methyl sites for hydroxylation is 2. The minimum Gasteiger partial charge on any atom is -0.478 e. The van der Waals surface area contributed by atoms with Gasteiger partial charge in [0, 0.05) is 55.7 Å². The van der Waals surface area contributed by atoms with E-state index in [-0.39, 0.29) is 41.3 Å². The molecule has 226 valence electrons. The number of aromatic nitrogens is 4. The minimum atomic E-state index is -4.67. The van der Waals surface area contributed by atoms with Crippen LogP contribution in [0.3, 0.4) is 0 Å². The predicted octanol–water partition coefficient (Wildman–Crippen LogP) is 5.29. The maximum absolute atomic E-state index is 13.8. The van der Waals surface area contributed by atoms with Crippen molar-refractivity contribution in [3.05, 3.63) is 94.1 Å². The second-order valence-corrected chi connectivity index (χ2v) is 13.5. The number of nitrogens with zero attached hydrogens (tertiary/aromatic N) is 5. The van der Waals surface area contributed by atoms with Gasteiger partial charge in [0.2, 0.25) is 10.0 Å². The number of hydrogen-bond acceptors (Lipinski definition) is 5. The first-order valence-corrected chi connectivity index (χ1v) is 15.3. The number of carboxylic acids is 1. The van der Waals surface area contributed by atoms with E-state index < -0.39 is 27.7 Å². The molecule has 4 aromatic rings. The van der Waals surface area contributed by atoms with Gasteiger partial charge >= 0.3 is 12.1 Å². The van der Waals surface area contributed by atoms with Crippen molar-refractivity contribution >= 4 is 16.0 Å². The van der Waals surface area contributed by atoms with Crippen molar-refractivity contribution in [1.82, 2.24) is 23.9 Å². The number of aromatic carboxylic acids is 1. The standard InChI is InChI=1S/C30H30F3N5O4S/c1-17-10-20-6-7-21(30(31,32)33)12-27(20)43(41,42)37(14-17)15-19-5-4-18(2)26(11-19)38-9-8-22(29(39)40)28(38)24-13-23(24)25-16-36(3)35-34-25/h4-9,11-12,16-17,23-24H,10,13-15H2,1-3H3,(H,39,40)/t17-,23+,24+/m0/s1. The van der Waals surface area contributed by atoms with Crippen molar-refractivity contribution in [2.24, 2.45) is 13.0 Å². The van der Waals surface area contributed by atoms with Gasteiger partial charge in [0.1, 0.15) is 0 Å². The molecule has 0 spiro atoms. The van der Waals surface area contributed by atoms with Crippen LogP contribution in [0.15, 0.2) is 59.8 Å². The van der Waals surface area contributed by atoms with E-state index in [1.807, 2.05) is 36.7 Å². The van der Waals surface area contributed by atoms with Gasteiger partial charge in [-0.05, 0) is 66.6 Å². The second kappa shape index (κ2) is 10.3. The summed E-state index contributed by atoms with van der Waals surface area (Å²) in [6, 6.07) is 9.94. The first-order chi connectivity index (χ1) is 20.2. The fraction of sp³-hybridized carbons (Fsp3) is 0.367. The fourth-order valence-corrected chi connectivity index (χ4v) is 7.91. The summed E-state index contributed by atoms with van der Waals surface area (Å²) >= 11 is 0. The summed E-state index contributed by atoms with van der Waals surface area (Å²) in [6.07, 6.45) is -0.0955. The van der Waals surface area contributed by atoms with E-state index in [1.165, 1.54) is 10.4 Å². The van der Waals surface area contributed by atoms with Crippen LogP contribution in [0.25, 0.3) is 5.69 Å². The van der Waals surface area contributed by atoms with Crippen LogP contribution in [0.5, 0.6) is 0 Å². The highest BCUT2D eigenvalue weighted by Gasteiger charge is 2.45. The maximum Gasteiger partial charge on any atom is 0.416 e. The van der Waals surface area contributed by atoms with E-state index in [2.05, 4.69) is 10.3 Å². The molecule has 6 rings (SSSR count). The average Bonchev–Trinajstić information content (AvgIpc) is 3.40. The number of rotatable bonds is 6. The smallest absolute Gasteiger partial charge is 0.416 e. The molecule has 1 fully saturated rings. The maximum atomic E-state index is 13.8. The lowest BCUT2D eigenvalue weighted by Gasteiger charge is -2.23. The van der Waals surface area contributed by atoms with Crippen LogP contribution in [0, 0.1) is 12.8 Å². The van der Waals surface area contributed by atoms with Gasteiger partial charge in [-0.1, -0.05) is 30.3 Å². The van der Waals surface area contributed by atoms with Crippen molar-refractivity contribution in [3.8, 4) is 5.69 Å². The van der Waals surface area contributed by atoms with Crippen molar-refractivity contribution in [2.45, 2.75) is 56.1 Å². The van der Waals surface area contributed by atoms with Crippen molar-refractivity contribution in [3.63, 3.8) is 0 Å². The van der Waals surface area contributed by atoms with E-state index in [4.69, 9.17) is 0 Å². The molecule has 3 heterocycles. The first-order valence-electron chi connectivity index (χ1n) is 13.8. The fourth-order valence-electron chi connectivity index (χ4n) is 6.10. The number of fused-ring (bicyclic) bond motifs is 1. The van der Waals surface area contributed by atoms with Gasteiger partial charge in [0.15, 0.2) is 0 Å². The lowest BCUT2D eigenvalue weighted by Crippen LogP contribution is -2.33. The molecule has 1 aliphatic heterocycles. The zero-order valence-corrected chi connectivity index (χ0v) is 24.5. The zero-order chi connectivity index (χ0) is 30.8. The van der Waals surface area contributed by atoms with Gasteiger partial charge in [0.05, 0.1) is 21.7 Å². The van der Waals surface area contributed by atoms with Crippen LogP contribution < -0.4 is 0 Å². The van der Waals surface area contributed by atoms with Crippen LogP contribution in [0.4, 0.5) is 13.2 Å². The lowest BCUT2D eigenvalue weighted by atomic mass is 9.99. The Morgan fingerprint density at radius 3 is 2.56 bits per heavy atom. The number of carboxylic acid groups (broad SMARTS) is 1. The third kappa shape index (κ3) is 5.35. The summed E-state index contributed by atoms with van der Waals surface area (Å²) in [5.74, 6) is -1.24. The molecule has 0 bridgehead atoms. The van der Waals surface area contributed by atoms with Gasteiger partial charge < -0.3 is 9.67 Å². The monoisotopic (exact) mass is 613 g/mol. The quantitative estimate of drug-likeness (QED) is 0.317. The van der Waals surface area contributed by atoms with Gasteiger partial charge in [0.25, 0.3) is 0 Å². The number of benzene rings is 2. The molecule has 2 aromatic carbocycles. The zero-order valence-electron chi connectivity index (χ0n) is 23.7. The molecule has 0 unspecified atom stereocenters. The minimum absolute atomic E-state index is 0.0225. The number of sulfonamides is 1. The second-order valence-electron chi connectivity index (χ2n) is 11.6. The van der Waals surface area contributed by atoms with E-state index in [0.29, 0.717) is 35.3 Å². The molecule has 43 heavy (non-hydrogen) atoms. The Morgan fingerprint density at radius 2 is 1.88 bits per heavy atom. The van der Waals surface area contributed by atoms with E-state index in [1.54, 1.807) is 30.1 Å². The molecule has 0 saturated heterocycles. The molecule has 0 amide bonds. The molecule has 1 saturated carbocycles. The van der Waals surface area contributed by atoms with Crippen LogP contribution in [-0.4, -0.2) is 49.9 Å². The summed E-state index contributed by atoms with van der Waals surface area (Å²) in [5, 5.41) is 18.2. The number of carbonyl (C=O) groups is 1.